The maximum atomic E-state index is 5.90. The van der Waals surface area contributed by atoms with E-state index in [0.717, 1.165) is 24.2 Å². The van der Waals surface area contributed by atoms with E-state index < -0.39 is 0 Å². The van der Waals surface area contributed by atoms with Crippen molar-refractivity contribution in [2.45, 2.75) is 19.9 Å². The molecule has 0 saturated carbocycles. The average Bonchev–Trinajstić information content (AvgIpc) is 2.35. The number of nitrogens with zero attached hydrogens (tertiary/aromatic N) is 1. The largest absolute Gasteiger partial charge is 0.380 e. The van der Waals surface area contributed by atoms with E-state index in [4.69, 9.17) is 10.5 Å². The Hall–Kier alpha value is -0.420. The number of likely N-dealkylation sites (N-methyl/N-ethyl adjacent to an activating group) is 1. The van der Waals surface area contributed by atoms with Crippen LogP contribution in [0.15, 0.2) is 22.7 Å². The molecule has 1 aromatic carbocycles. The second-order valence-corrected chi connectivity index (χ2v) is 5.29. The second kappa shape index (κ2) is 7.89. The SMILES string of the molecule is CCOCCN(C)C(CN)c1ccc(Br)c(C)c1. The van der Waals surface area contributed by atoms with Crippen molar-refractivity contribution in [1.29, 1.82) is 0 Å². The second-order valence-electron chi connectivity index (χ2n) is 4.44. The highest BCUT2D eigenvalue weighted by molar-refractivity contribution is 9.10. The minimum Gasteiger partial charge on any atom is -0.380 e. The Balaban J connectivity index is 2.72. The number of nitrogens with two attached hydrogens (primary N) is 1. The zero-order valence-corrected chi connectivity index (χ0v) is 13.0. The Morgan fingerprint density at radius 1 is 1.44 bits per heavy atom. The van der Waals surface area contributed by atoms with Crippen LogP contribution < -0.4 is 5.73 Å². The van der Waals surface area contributed by atoms with Crippen molar-refractivity contribution < 1.29 is 4.74 Å². The first-order valence-electron chi connectivity index (χ1n) is 6.34. The van der Waals surface area contributed by atoms with Crippen molar-refractivity contribution in [3.63, 3.8) is 0 Å². The van der Waals surface area contributed by atoms with Gasteiger partial charge in [-0.3, -0.25) is 4.90 Å². The van der Waals surface area contributed by atoms with Gasteiger partial charge in [0.25, 0.3) is 0 Å². The number of rotatable bonds is 7. The Labute approximate surface area is 118 Å². The lowest BCUT2D eigenvalue weighted by atomic mass is 10.0. The summed E-state index contributed by atoms with van der Waals surface area (Å²) in [6.07, 6.45) is 0. The van der Waals surface area contributed by atoms with Gasteiger partial charge in [0.15, 0.2) is 0 Å². The van der Waals surface area contributed by atoms with Crippen molar-refractivity contribution in [2.75, 3.05) is 33.4 Å². The third kappa shape index (κ3) is 4.35. The van der Waals surface area contributed by atoms with Gasteiger partial charge in [-0.2, -0.15) is 0 Å². The molecule has 0 bridgehead atoms. The van der Waals surface area contributed by atoms with E-state index in [1.807, 2.05) is 6.92 Å². The van der Waals surface area contributed by atoms with Gasteiger partial charge < -0.3 is 10.5 Å². The molecule has 2 N–H and O–H groups in total. The van der Waals surface area contributed by atoms with Crippen LogP contribution in [0.4, 0.5) is 0 Å². The van der Waals surface area contributed by atoms with Gasteiger partial charge in [0.05, 0.1) is 6.61 Å². The molecular weight excluding hydrogens is 292 g/mol. The number of halogens is 1. The van der Waals surface area contributed by atoms with E-state index in [9.17, 15) is 0 Å². The molecule has 1 rings (SSSR count). The van der Waals surface area contributed by atoms with Gasteiger partial charge in [0.2, 0.25) is 0 Å². The van der Waals surface area contributed by atoms with Crippen molar-refractivity contribution in [3.05, 3.63) is 33.8 Å². The van der Waals surface area contributed by atoms with Gasteiger partial charge in [-0.05, 0) is 38.1 Å². The molecule has 1 unspecified atom stereocenters. The highest BCUT2D eigenvalue weighted by Crippen LogP contribution is 2.23. The quantitative estimate of drug-likeness (QED) is 0.786. The fourth-order valence-electron chi connectivity index (χ4n) is 1.95. The van der Waals surface area contributed by atoms with E-state index in [2.05, 4.69) is 53.0 Å². The monoisotopic (exact) mass is 314 g/mol. The molecule has 0 aliphatic heterocycles. The van der Waals surface area contributed by atoms with Crippen molar-refractivity contribution in [3.8, 4) is 0 Å². The maximum absolute atomic E-state index is 5.90. The molecule has 0 radical (unpaired) electrons. The molecule has 0 spiro atoms. The summed E-state index contributed by atoms with van der Waals surface area (Å²) in [4.78, 5) is 2.25. The molecule has 0 aliphatic carbocycles. The van der Waals surface area contributed by atoms with Crippen LogP contribution in [0.2, 0.25) is 0 Å². The molecule has 0 aliphatic rings. The summed E-state index contributed by atoms with van der Waals surface area (Å²) in [5, 5.41) is 0. The van der Waals surface area contributed by atoms with Crippen LogP contribution in [-0.2, 0) is 4.74 Å². The summed E-state index contributed by atoms with van der Waals surface area (Å²) in [6.45, 7) is 7.13. The lowest BCUT2D eigenvalue weighted by Crippen LogP contribution is -2.33. The first-order chi connectivity index (χ1) is 8.60. The van der Waals surface area contributed by atoms with Crippen molar-refractivity contribution in [1.82, 2.24) is 4.90 Å². The minimum absolute atomic E-state index is 0.247. The average molecular weight is 315 g/mol. The normalized spacial score (nSPS) is 13.0. The van der Waals surface area contributed by atoms with Gasteiger partial charge in [-0.15, -0.1) is 0 Å². The van der Waals surface area contributed by atoms with Crippen LogP contribution in [0.25, 0.3) is 0 Å². The molecule has 0 amide bonds. The summed E-state index contributed by atoms with van der Waals surface area (Å²) in [7, 11) is 2.09. The van der Waals surface area contributed by atoms with Crippen LogP contribution in [-0.4, -0.2) is 38.3 Å². The van der Waals surface area contributed by atoms with Gasteiger partial charge in [0, 0.05) is 30.2 Å². The summed E-state index contributed by atoms with van der Waals surface area (Å²) in [5.41, 5.74) is 8.41. The van der Waals surface area contributed by atoms with Crippen LogP contribution in [0.3, 0.4) is 0 Å². The van der Waals surface area contributed by atoms with E-state index >= 15 is 0 Å². The lowest BCUT2D eigenvalue weighted by molar-refractivity contribution is 0.108. The molecule has 102 valence electrons. The van der Waals surface area contributed by atoms with Crippen LogP contribution in [0.1, 0.15) is 24.1 Å². The molecule has 1 aromatic rings. The van der Waals surface area contributed by atoms with Gasteiger partial charge >= 0.3 is 0 Å². The summed E-state index contributed by atoms with van der Waals surface area (Å²) in [5.74, 6) is 0. The molecule has 3 nitrogen and oxygen atoms in total. The predicted molar refractivity (Wildman–Crippen MR) is 79.8 cm³/mol. The molecule has 18 heavy (non-hydrogen) atoms. The number of benzene rings is 1. The van der Waals surface area contributed by atoms with E-state index in [1.165, 1.54) is 11.1 Å². The zero-order valence-electron chi connectivity index (χ0n) is 11.4. The third-order valence-electron chi connectivity index (χ3n) is 3.11. The molecule has 4 heteroatoms. The summed E-state index contributed by atoms with van der Waals surface area (Å²) < 4.78 is 6.53. The topological polar surface area (TPSA) is 38.5 Å². The zero-order chi connectivity index (χ0) is 13.5. The fourth-order valence-corrected chi connectivity index (χ4v) is 2.20. The molecular formula is C14H23BrN2O. The Morgan fingerprint density at radius 3 is 2.72 bits per heavy atom. The highest BCUT2D eigenvalue weighted by Gasteiger charge is 2.15. The molecule has 0 aromatic heterocycles. The maximum Gasteiger partial charge on any atom is 0.0593 e. The smallest absolute Gasteiger partial charge is 0.0593 e. The van der Waals surface area contributed by atoms with Crippen LogP contribution in [0.5, 0.6) is 0 Å². The van der Waals surface area contributed by atoms with Gasteiger partial charge in [-0.25, -0.2) is 0 Å². The Kier molecular flexibility index (Phi) is 6.86. The fraction of sp³-hybridized carbons (Fsp3) is 0.571. The Bertz CT molecular complexity index is 371. The third-order valence-corrected chi connectivity index (χ3v) is 4.00. The molecule has 0 fully saturated rings. The number of ether oxygens (including phenoxy) is 1. The first kappa shape index (κ1) is 15.6. The number of hydrogen-bond donors (Lipinski definition) is 1. The summed E-state index contributed by atoms with van der Waals surface area (Å²) in [6, 6.07) is 6.66. The number of aryl methyl sites for hydroxylation is 1. The van der Waals surface area contributed by atoms with E-state index in [-0.39, 0.29) is 6.04 Å². The van der Waals surface area contributed by atoms with Crippen molar-refractivity contribution >= 4 is 15.9 Å². The summed E-state index contributed by atoms with van der Waals surface area (Å²) >= 11 is 3.52. The minimum atomic E-state index is 0.247. The van der Waals surface area contributed by atoms with E-state index in [1.54, 1.807) is 0 Å². The highest BCUT2D eigenvalue weighted by atomic mass is 79.9. The lowest BCUT2D eigenvalue weighted by Gasteiger charge is -2.27. The van der Waals surface area contributed by atoms with Gasteiger partial charge in [-0.1, -0.05) is 28.1 Å². The van der Waals surface area contributed by atoms with Gasteiger partial charge in [0.1, 0.15) is 0 Å². The van der Waals surface area contributed by atoms with Crippen molar-refractivity contribution in [2.24, 2.45) is 5.73 Å². The molecule has 0 heterocycles. The predicted octanol–water partition coefficient (Wildman–Crippen LogP) is 2.73. The molecule has 0 saturated heterocycles. The molecule has 1 atom stereocenters. The number of hydrogen-bond acceptors (Lipinski definition) is 3. The van der Waals surface area contributed by atoms with E-state index in [0.29, 0.717) is 6.54 Å². The first-order valence-corrected chi connectivity index (χ1v) is 7.13. The van der Waals surface area contributed by atoms with Crippen LogP contribution >= 0.6 is 15.9 Å². The standard InChI is InChI=1S/C14H23BrN2O/c1-4-18-8-7-17(3)14(10-16)12-5-6-13(15)11(2)9-12/h5-6,9,14H,4,7-8,10,16H2,1-3H3. The van der Waals surface area contributed by atoms with Crippen LogP contribution in [0, 0.1) is 6.92 Å². The Morgan fingerprint density at radius 2 is 2.17 bits per heavy atom.